The van der Waals surface area contributed by atoms with Gasteiger partial charge in [-0.05, 0) is 48.4 Å². The second-order valence-corrected chi connectivity index (χ2v) is 4.98. The Morgan fingerprint density at radius 2 is 1.73 bits per heavy atom. The van der Waals surface area contributed by atoms with Crippen molar-refractivity contribution in [3.8, 4) is 22.7 Å². The Hall–Kier alpha value is -2.82. The lowest BCUT2D eigenvalue weighted by Crippen LogP contribution is -2.02. The highest BCUT2D eigenvalue weighted by molar-refractivity contribution is 5.71. The highest BCUT2D eigenvalue weighted by Gasteiger charge is 2.13. The van der Waals surface area contributed by atoms with Crippen LogP contribution >= 0.6 is 0 Å². The Morgan fingerprint density at radius 3 is 2.32 bits per heavy atom. The first-order chi connectivity index (χ1) is 10.7. The lowest BCUT2D eigenvalue weighted by atomic mass is 10.1. The Balaban J connectivity index is 1.96. The first-order valence-electron chi connectivity index (χ1n) is 7.18. The molecular formula is C17H18N4O. The highest BCUT2D eigenvalue weighted by Crippen LogP contribution is 2.26. The molecule has 0 aliphatic heterocycles. The smallest absolute Gasteiger partial charge is 0.155 e. The third-order valence-corrected chi connectivity index (χ3v) is 3.66. The number of nitrogen functional groups attached to an aromatic ring is 1. The van der Waals surface area contributed by atoms with Crippen LogP contribution in [0.5, 0.6) is 5.75 Å². The summed E-state index contributed by atoms with van der Waals surface area (Å²) < 4.78 is 6.81. The second-order valence-electron chi connectivity index (χ2n) is 4.98. The number of rotatable bonds is 4. The minimum Gasteiger partial charge on any atom is -0.497 e. The van der Waals surface area contributed by atoms with Crippen LogP contribution in [-0.4, -0.2) is 22.1 Å². The summed E-state index contributed by atoms with van der Waals surface area (Å²) in [6.07, 6.45) is 1.00. The average Bonchev–Trinajstić information content (AvgIpc) is 2.96. The maximum atomic E-state index is 6.22. The second kappa shape index (κ2) is 5.89. The monoisotopic (exact) mass is 294 g/mol. The standard InChI is InChI=1S/C17H18N4O/c1-3-12-4-8-14(9-5-12)21-17(18)16(19-20-21)13-6-10-15(22-2)11-7-13/h4-11H,3,18H2,1-2H3. The number of benzene rings is 2. The molecule has 0 aliphatic carbocycles. The fourth-order valence-corrected chi connectivity index (χ4v) is 2.31. The van der Waals surface area contributed by atoms with Crippen LogP contribution in [0.3, 0.4) is 0 Å². The van der Waals surface area contributed by atoms with E-state index in [4.69, 9.17) is 10.5 Å². The Kier molecular flexibility index (Phi) is 3.78. The predicted molar refractivity (Wildman–Crippen MR) is 87.1 cm³/mol. The molecular weight excluding hydrogens is 276 g/mol. The molecule has 0 bridgehead atoms. The minimum absolute atomic E-state index is 0.523. The van der Waals surface area contributed by atoms with Crippen molar-refractivity contribution >= 4 is 5.82 Å². The van der Waals surface area contributed by atoms with Crippen LogP contribution < -0.4 is 10.5 Å². The summed E-state index contributed by atoms with van der Waals surface area (Å²) in [6.45, 7) is 2.13. The van der Waals surface area contributed by atoms with Gasteiger partial charge in [-0.2, -0.15) is 4.68 Å². The minimum atomic E-state index is 0.523. The fourth-order valence-electron chi connectivity index (χ4n) is 2.31. The van der Waals surface area contributed by atoms with Crippen LogP contribution in [0.1, 0.15) is 12.5 Å². The fraction of sp³-hybridized carbons (Fsp3) is 0.176. The van der Waals surface area contributed by atoms with Gasteiger partial charge in [0.25, 0.3) is 0 Å². The first-order valence-corrected chi connectivity index (χ1v) is 7.18. The Bertz CT molecular complexity index is 695. The summed E-state index contributed by atoms with van der Waals surface area (Å²) in [5, 5.41) is 8.38. The molecule has 5 nitrogen and oxygen atoms in total. The number of nitrogens with zero attached hydrogens (tertiary/aromatic N) is 3. The average molecular weight is 294 g/mol. The molecule has 1 heterocycles. The van der Waals surface area contributed by atoms with Crippen molar-refractivity contribution < 1.29 is 4.74 Å². The number of aryl methyl sites for hydroxylation is 1. The SMILES string of the molecule is CCc1ccc(-n2nnc(-c3ccc(OC)cc3)c2N)cc1. The molecule has 0 saturated heterocycles. The normalized spacial score (nSPS) is 10.6. The zero-order valence-corrected chi connectivity index (χ0v) is 12.7. The van der Waals surface area contributed by atoms with Crippen molar-refractivity contribution in [3.63, 3.8) is 0 Å². The number of nitrogens with two attached hydrogens (primary N) is 1. The van der Waals surface area contributed by atoms with Gasteiger partial charge in [0.1, 0.15) is 11.4 Å². The van der Waals surface area contributed by atoms with Gasteiger partial charge in [0, 0.05) is 5.56 Å². The summed E-state index contributed by atoms with van der Waals surface area (Å²) in [6, 6.07) is 15.7. The molecule has 22 heavy (non-hydrogen) atoms. The van der Waals surface area contributed by atoms with E-state index in [0.717, 1.165) is 23.4 Å². The van der Waals surface area contributed by atoms with E-state index in [2.05, 4.69) is 29.4 Å². The lowest BCUT2D eigenvalue weighted by Gasteiger charge is -2.05. The van der Waals surface area contributed by atoms with Crippen molar-refractivity contribution in [2.45, 2.75) is 13.3 Å². The van der Waals surface area contributed by atoms with Gasteiger partial charge in [-0.15, -0.1) is 5.10 Å². The molecule has 2 N–H and O–H groups in total. The summed E-state index contributed by atoms with van der Waals surface area (Å²) in [5.41, 5.74) is 9.98. The van der Waals surface area contributed by atoms with E-state index in [1.54, 1.807) is 11.8 Å². The van der Waals surface area contributed by atoms with E-state index < -0.39 is 0 Å². The largest absolute Gasteiger partial charge is 0.497 e. The van der Waals surface area contributed by atoms with Gasteiger partial charge in [-0.1, -0.05) is 24.3 Å². The van der Waals surface area contributed by atoms with Gasteiger partial charge in [-0.3, -0.25) is 0 Å². The number of ether oxygens (including phenoxy) is 1. The number of hydrogen-bond donors (Lipinski definition) is 1. The molecule has 0 aliphatic rings. The van der Waals surface area contributed by atoms with E-state index in [1.165, 1.54) is 5.56 Å². The van der Waals surface area contributed by atoms with Crippen LogP contribution in [0.2, 0.25) is 0 Å². The zero-order chi connectivity index (χ0) is 15.5. The molecule has 0 fully saturated rings. The van der Waals surface area contributed by atoms with E-state index in [-0.39, 0.29) is 0 Å². The molecule has 2 aromatic carbocycles. The van der Waals surface area contributed by atoms with Crippen LogP contribution in [0.4, 0.5) is 5.82 Å². The zero-order valence-electron chi connectivity index (χ0n) is 12.7. The lowest BCUT2D eigenvalue weighted by molar-refractivity contribution is 0.415. The van der Waals surface area contributed by atoms with Gasteiger partial charge in [0.15, 0.2) is 5.82 Å². The van der Waals surface area contributed by atoms with Crippen molar-refractivity contribution in [1.29, 1.82) is 0 Å². The molecule has 0 spiro atoms. The summed E-state index contributed by atoms with van der Waals surface area (Å²) in [7, 11) is 1.64. The Morgan fingerprint density at radius 1 is 1.05 bits per heavy atom. The molecule has 0 saturated carbocycles. The predicted octanol–water partition coefficient (Wildman–Crippen LogP) is 3.09. The molecule has 5 heteroatoms. The number of anilines is 1. The first kappa shape index (κ1) is 14.1. The molecule has 0 amide bonds. The highest BCUT2D eigenvalue weighted by atomic mass is 16.5. The summed E-state index contributed by atoms with van der Waals surface area (Å²) >= 11 is 0. The van der Waals surface area contributed by atoms with E-state index >= 15 is 0 Å². The number of aromatic nitrogens is 3. The van der Waals surface area contributed by atoms with Gasteiger partial charge in [0.2, 0.25) is 0 Å². The van der Waals surface area contributed by atoms with Crippen LogP contribution in [0.25, 0.3) is 16.9 Å². The van der Waals surface area contributed by atoms with Crippen LogP contribution in [0.15, 0.2) is 48.5 Å². The van der Waals surface area contributed by atoms with E-state index in [9.17, 15) is 0 Å². The topological polar surface area (TPSA) is 66.0 Å². The molecule has 112 valence electrons. The van der Waals surface area contributed by atoms with E-state index in [0.29, 0.717) is 11.5 Å². The van der Waals surface area contributed by atoms with Crippen LogP contribution in [0, 0.1) is 0 Å². The number of methoxy groups -OCH3 is 1. The number of hydrogen-bond acceptors (Lipinski definition) is 4. The van der Waals surface area contributed by atoms with Gasteiger partial charge in [-0.25, -0.2) is 0 Å². The molecule has 0 radical (unpaired) electrons. The Labute approximate surface area is 129 Å². The molecule has 0 unspecified atom stereocenters. The maximum absolute atomic E-state index is 6.22. The van der Waals surface area contributed by atoms with Gasteiger partial charge in [0.05, 0.1) is 12.8 Å². The molecule has 3 aromatic rings. The molecule has 1 aromatic heterocycles. The third-order valence-electron chi connectivity index (χ3n) is 3.66. The summed E-state index contributed by atoms with van der Waals surface area (Å²) in [5.74, 6) is 1.32. The van der Waals surface area contributed by atoms with Crippen LogP contribution in [-0.2, 0) is 6.42 Å². The van der Waals surface area contributed by atoms with Crippen molar-refractivity contribution in [2.75, 3.05) is 12.8 Å². The summed E-state index contributed by atoms with van der Waals surface area (Å²) in [4.78, 5) is 0. The van der Waals surface area contributed by atoms with Crippen molar-refractivity contribution in [1.82, 2.24) is 15.0 Å². The quantitative estimate of drug-likeness (QED) is 0.803. The third kappa shape index (κ3) is 2.53. The van der Waals surface area contributed by atoms with Crippen molar-refractivity contribution in [2.24, 2.45) is 0 Å². The van der Waals surface area contributed by atoms with E-state index in [1.807, 2.05) is 36.4 Å². The molecule has 0 atom stereocenters. The molecule has 3 rings (SSSR count). The maximum Gasteiger partial charge on any atom is 0.155 e. The van der Waals surface area contributed by atoms with Gasteiger partial charge < -0.3 is 10.5 Å². The van der Waals surface area contributed by atoms with Gasteiger partial charge >= 0.3 is 0 Å². The van der Waals surface area contributed by atoms with Crippen molar-refractivity contribution in [3.05, 3.63) is 54.1 Å².